The van der Waals surface area contributed by atoms with Gasteiger partial charge in [-0.05, 0) is 43.1 Å². The molecule has 35 heavy (non-hydrogen) atoms. The van der Waals surface area contributed by atoms with Crippen molar-refractivity contribution in [1.29, 1.82) is 0 Å². The Balaban J connectivity index is 1.79. The maximum Gasteiger partial charge on any atom is 0.230 e. The zero-order valence-corrected chi connectivity index (χ0v) is 21.8. The van der Waals surface area contributed by atoms with Crippen LogP contribution in [0.5, 0.6) is 0 Å². The summed E-state index contributed by atoms with van der Waals surface area (Å²) in [4.78, 5) is 7.90. The van der Waals surface area contributed by atoms with Crippen LogP contribution in [-0.4, -0.2) is 31.8 Å². The number of hydrogen-bond acceptors (Lipinski definition) is 9. The molecule has 2 N–H and O–H groups in total. The third-order valence-electron chi connectivity index (χ3n) is 5.74. The van der Waals surface area contributed by atoms with E-state index in [4.69, 9.17) is 34.0 Å². The molecule has 0 saturated heterocycles. The average molecular weight is 543 g/mol. The molecule has 0 radical (unpaired) electrons. The van der Waals surface area contributed by atoms with Crippen LogP contribution in [0.2, 0.25) is 10.0 Å². The van der Waals surface area contributed by atoms with Gasteiger partial charge in [0.05, 0.1) is 5.02 Å². The molecule has 1 aromatic carbocycles. The van der Waals surface area contributed by atoms with E-state index in [1.165, 1.54) is 11.3 Å². The van der Waals surface area contributed by atoms with Crippen LogP contribution in [-0.2, 0) is 4.87 Å². The van der Waals surface area contributed by atoms with E-state index in [0.29, 0.717) is 28.1 Å². The minimum absolute atomic E-state index is 0.193. The molecule has 3 aromatic heterocycles. The van der Waals surface area contributed by atoms with E-state index >= 15 is 0 Å². The molecule has 11 heteroatoms. The topological polar surface area (TPSA) is 93.2 Å². The molecule has 2 atom stereocenters. The molecular weight excluding hydrogens is 521 g/mol. The molecule has 0 amide bonds. The number of rotatable bonds is 7. The van der Waals surface area contributed by atoms with E-state index in [9.17, 15) is 0 Å². The van der Waals surface area contributed by atoms with Crippen molar-refractivity contribution in [2.24, 2.45) is 10.8 Å². The SMILES string of the molecule is Cc1nnc(N2N=C(c3cnccc3Cl)SC2(c2ccccc2)C(CCN)c2cnccc2Cl)s1. The third kappa shape index (κ3) is 4.43. The molecular formula is C24H21Cl2N7S2. The fraction of sp³-hybridized carbons (Fsp3) is 0.208. The first-order valence-electron chi connectivity index (χ1n) is 10.9. The number of aromatic nitrogens is 4. The highest BCUT2D eigenvalue weighted by Crippen LogP contribution is 2.58. The lowest BCUT2D eigenvalue weighted by Gasteiger charge is -2.42. The lowest BCUT2D eigenvalue weighted by molar-refractivity contribution is 0.451. The average Bonchev–Trinajstić information content (AvgIpc) is 3.48. The number of pyridine rings is 2. The number of halogens is 2. The van der Waals surface area contributed by atoms with Crippen LogP contribution < -0.4 is 10.7 Å². The molecule has 2 unspecified atom stereocenters. The number of benzene rings is 1. The summed E-state index contributed by atoms with van der Waals surface area (Å²) in [5.41, 5.74) is 8.85. The van der Waals surface area contributed by atoms with Crippen LogP contribution >= 0.6 is 46.3 Å². The van der Waals surface area contributed by atoms with E-state index in [0.717, 1.165) is 26.7 Å². The number of nitrogens with zero attached hydrogens (tertiary/aromatic N) is 6. The van der Waals surface area contributed by atoms with Crippen LogP contribution in [0.3, 0.4) is 0 Å². The lowest BCUT2D eigenvalue weighted by atomic mass is 9.84. The Morgan fingerprint density at radius 1 is 1.00 bits per heavy atom. The maximum absolute atomic E-state index is 6.76. The minimum Gasteiger partial charge on any atom is -0.330 e. The van der Waals surface area contributed by atoms with Gasteiger partial charge in [0.25, 0.3) is 0 Å². The summed E-state index contributed by atoms with van der Waals surface area (Å²) in [6.45, 7) is 2.36. The second kappa shape index (κ2) is 10.2. The van der Waals surface area contributed by atoms with Crippen LogP contribution in [0.15, 0.2) is 72.4 Å². The molecule has 1 aliphatic heterocycles. The van der Waals surface area contributed by atoms with Crippen LogP contribution in [0, 0.1) is 6.92 Å². The Morgan fingerprint density at radius 3 is 2.40 bits per heavy atom. The normalized spacial score (nSPS) is 18.5. The van der Waals surface area contributed by atoms with E-state index in [-0.39, 0.29) is 5.92 Å². The van der Waals surface area contributed by atoms with Crippen molar-refractivity contribution in [2.45, 2.75) is 24.1 Å². The predicted molar refractivity (Wildman–Crippen MR) is 144 cm³/mol. The van der Waals surface area contributed by atoms with Crippen molar-refractivity contribution in [3.63, 3.8) is 0 Å². The molecule has 0 fully saturated rings. The van der Waals surface area contributed by atoms with Gasteiger partial charge in [-0.2, -0.15) is 5.10 Å². The summed E-state index contributed by atoms with van der Waals surface area (Å²) in [5, 5.41) is 19.2. The highest BCUT2D eigenvalue weighted by atomic mass is 35.5. The van der Waals surface area contributed by atoms with Crippen LogP contribution in [0.25, 0.3) is 0 Å². The van der Waals surface area contributed by atoms with Gasteiger partial charge in [0.15, 0.2) is 0 Å². The smallest absolute Gasteiger partial charge is 0.230 e. The van der Waals surface area contributed by atoms with Gasteiger partial charge in [-0.3, -0.25) is 9.97 Å². The number of thioether (sulfide) groups is 1. The molecule has 0 saturated carbocycles. The molecule has 1 aliphatic rings. The second-order valence-electron chi connectivity index (χ2n) is 7.87. The third-order valence-corrected chi connectivity index (χ3v) is 8.73. The van der Waals surface area contributed by atoms with Crippen molar-refractivity contribution >= 4 is 56.5 Å². The van der Waals surface area contributed by atoms with E-state index in [1.807, 2.05) is 36.3 Å². The van der Waals surface area contributed by atoms with Crippen molar-refractivity contribution in [2.75, 3.05) is 11.6 Å². The Labute approximate surface area is 221 Å². The van der Waals surface area contributed by atoms with Crippen LogP contribution in [0.1, 0.15) is 34.0 Å². The first-order valence-corrected chi connectivity index (χ1v) is 13.3. The van der Waals surface area contributed by atoms with Gasteiger partial charge in [0.2, 0.25) is 5.13 Å². The summed E-state index contributed by atoms with van der Waals surface area (Å²) in [6.07, 6.45) is 7.52. The largest absolute Gasteiger partial charge is 0.330 e. The molecule has 4 aromatic rings. The van der Waals surface area contributed by atoms with Gasteiger partial charge < -0.3 is 5.73 Å². The zero-order chi connectivity index (χ0) is 24.4. The fourth-order valence-electron chi connectivity index (χ4n) is 4.23. The fourth-order valence-corrected chi connectivity index (χ4v) is 7.02. The van der Waals surface area contributed by atoms with Gasteiger partial charge in [0, 0.05) is 41.3 Å². The number of hydrazone groups is 1. The highest BCUT2D eigenvalue weighted by molar-refractivity contribution is 8.15. The summed E-state index contributed by atoms with van der Waals surface area (Å²) in [5.74, 6) is -0.193. The van der Waals surface area contributed by atoms with Gasteiger partial charge in [-0.15, -0.1) is 10.2 Å². The number of aryl methyl sites for hydroxylation is 1. The Bertz CT molecular complexity index is 1360. The molecule has 178 valence electrons. The second-order valence-corrected chi connectivity index (χ2v) is 11.1. The minimum atomic E-state index is -0.784. The van der Waals surface area contributed by atoms with Crippen molar-refractivity contribution < 1.29 is 0 Å². The Morgan fingerprint density at radius 2 is 1.74 bits per heavy atom. The predicted octanol–water partition coefficient (Wildman–Crippen LogP) is 5.84. The summed E-state index contributed by atoms with van der Waals surface area (Å²) >= 11 is 16.4. The molecule has 0 spiro atoms. The summed E-state index contributed by atoms with van der Waals surface area (Å²) in [7, 11) is 0. The zero-order valence-electron chi connectivity index (χ0n) is 18.7. The Hall–Kier alpha value is -2.56. The van der Waals surface area contributed by atoms with Crippen molar-refractivity contribution in [3.05, 3.63) is 99.0 Å². The van der Waals surface area contributed by atoms with Gasteiger partial charge >= 0.3 is 0 Å². The van der Waals surface area contributed by atoms with Gasteiger partial charge in [0.1, 0.15) is 14.9 Å². The van der Waals surface area contributed by atoms with E-state index in [2.05, 4.69) is 32.3 Å². The van der Waals surface area contributed by atoms with Crippen molar-refractivity contribution in [1.82, 2.24) is 20.2 Å². The number of nitrogens with two attached hydrogens (primary N) is 1. The molecule has 5 rings (SSSR count). The monoisotopic (exact) mass is 541 g/mol. The van der Waals surface area contributed by atoms with Gasteiger partial charge in [-0.1, -0.05) is 76.6 Å². The standard InChI is InChI=1S/C24H21Cl2N7S2/c1-15-30-31-23(34-15)33-24(16-5-3-2-4-6-16,19(7-10-27)17-13-28-11-8-20(17)25)35-22(32-33)18-14-29-12-9-21(18)26/h2-6,8-9,11-14,19H,7,10,27H2,1H3. The van der Waals surface area contributed by atoms with Gasteiger partial charge in [-0.25, -0.2) is 5.01 Å². The maximum atomic E-state index is 6.76. The van der Waals surface area contributed by atoms with E-state index < -0.39 is 4.87 Å². The lowest BCUT2D eigenvalue weighted by Crippen LogP contribution is -2.44. The quantitative estimate of drug-likeness (QED) is 0.313. The Kier molecular flexibility index (Phi) is 7.04. The molecule has 0 aliphatic carbocycles. The first kappa shape index (κ1) is 24.1. The summed E-state index contributed by atoms with van der Waals surface area (Å²) < 4.78 is 0. The van der Waals surface area contributed by atoms with Crippen LogP contribution in [0.4, 0.5) is 5.13 Å². The molecule has 0 bridgehead atoms. The first-order chi connectivity index (χ1) is 17.0. The summed E-state index contributed by atoms with van der Waals surface area (Å²) in [6, 6.07) is 13.8. The van der Waals surface area contributed by atoms with E-state index in [1.54, 1.807) is 42.5 Å². The number of hydrogen-bond donors (Lipinski definition) is 1. The van der Waals surface area contributed by atoms with Crippen molar-refractivity contribution in [3.8, 4) is 0 Å². The molecule has 4 heterocycles. The molecule has 7 nitrogen and oxygen atoms in total. The number of anilines is 1. The highest BCUT2D eigenvalue weighted by Gasteiger charge is 2.54.